The summed E-state index contributed by atoms with van der Waals surface area (Å²) in [5.74, 6) is -2.53. The largest absolute Gasteiger partial charge is 0.369 e. The van der Waals surface area contributed by atoms with Crippen molar-refractivity contribution in [2.24, 2.45) is 23.3 Å². The van der Waals surface area contributed by atoms with Crippen LogP contribution in [0.2, 0.25) is 0 Å². The second-order valence-corrected chi connectivity index (χ2v) is 3.85. The molecular weight excluding hydrogens is 208 g/mol. The monoisotopic (exact) mass is 226 g/mol. The highest BCUT2D eigenvalue weighted by Crippen LogP contribution is 2.15. The molecule has 6 heteroatoms. The van der Waals surface area contributed by atoms with Crippen LogP contribution in [0, 0.1) is 22.7 Å². The molecule has 6 nitrogen and oxygen atoms in total. The van der Waals surface area contributed by atoms with Gasteiger partial charge in [-0.05, 0) is 26.7 Å². The van der Waals surface area contributed by atoms with E-state index in [1.54, 1.807) is 0 Å². The minimum absolute atomic E-state index is 0.165. The van der Waals surface area contributed by atoms with Crippen LogP contribution in [0.3, 0.4) is 0 Å². The molecule has 0 aliphatic carbocycles. The van der Waals surface area contributed by atoms with Crippen LogP contribution in [-0.4, -0.2) is 23.2 Å². The number of nitrogens with one attached hydrogen (secondary N) is 2. The van der Waals surface area contributed by atoms with Crippen molar-refractivity contribution in [1.29, 1.82) is 10.8 Å². The lowest BCUT2D eigenvalue weighted by molar-refractivity contribution is -0.122. The Morgan fingerprint density at radius 3 is 1.31 bits per heavy atom. The fourth-order valence-corrected chi connectivity index (χ4v) is 1.48. The number of amides is 2. The van der Waals surface area contributed by atoms with E-state index >= 15 is 0 Å². The number of primary amides is 2. The maximum Gasteiger partial charge on any atom is 0.226 e. The van der Waals surface area contributed by atoms with Crippen LogP contribution in [0.1, 0.15) is 26.7 Å². The van der Waals surface area contributed by atoms with Crippen LogP contribution in [0.25, 0.3) is 0 Å². The van der Waals surface area contributed by atoms with Crippen molar-refractivity contribution in [2.75, 3.05) is 0 Å². The van der Waals surface area contributed by atoms with E-state index < -0.39 is 23.7 Å². The van der Waals surface area contributed by atoms with Crippen molar-refractivity contribution in [3.05, 3.63) is 0 Å². The van der Waals surface area contributed by atoms with Crippen LogP contribution in [0.15, 0.2) is 0 Å². The van der Waals surface area contributed by atoms with Crippen molar-refractivity contribution in [2.45, 2.75) is 26.7 Å². The highest BCUT2D eigenvalue weighted by Gasteiger charge is 2.23. The normalized spacial score (nSPS) is 13.9. The first-order chi connectivity index (χ1) is 7.27. The second-order valence-electron chi connectivity index (χ2n) is 3.85. The molecular formula is C10H18N4O2. The molecule has 0 bridgehead atoms. The third-order valence-corrected chi connectivity index (χ3v) is 2.48. The van der Waals surface area contributed by atoms with Crippen LogP contribution < -0.4 is 11.5 Å². The van der Waals surface area contributed by atoms with E-state index in [0.29, 0.717) is 0 Å². The molecule has 0 rings (SSSR count). The van der Waals surface area contributed by atoms with Gasteiger partial charge in [0, 0.05) is 11.4 Å². The average Bonchev–Trinajstić information content (AvgIpc) is 2.09. The standard InChI is InChI=1S/C10H18N4O2/c1-5(11)7(9(13)15)3-4-8(6(2)12)10(14)16/h7-8,11-12H,3-4H2,1-2H3,(H2,13,15)(H2,14,16). The Labute approximate surface area is 94.4 Å². The Bertz CT molecular complexity index is 265. The summed E-state index contributed by atoms with van der Waals surface area (Å²) in [4.78, 5) is 22.0. The van der Waals surface area contributed by atoms with Gasteiger partial charge < -0.3 is 22.3 Å². The summed E-state index contributed by atoms with van der Waals surface area (Å²) in [6.45, 7) is 2.98. The molecule has 0 aromatic carbocycles. The molecule has 6 N–H and O–H groups in total. The Kier molecular flexibility index (Phi) is 5.35. The molecule has 16 heavy (non-hydrogen) atoms. The maximum absolute atomic E-state index is 11.0. The van der Waals surface area contributed by atoms with E-state index in [4.69, 9.17) is 22.3 Å². The topological polar surface area (TPSA) is 134 Å². The Balaban J connectivity index is 4.50. The van der Waals surface area contributed by atoms with Gasteiger partial charge in [-0.1, -0.05) is 0 Å². The van der Waals surface area contributed by atoms with Gasteiger partial charge in [-0.3, -0.25) is 9.59 Å². The molecule has 0 aliphatic heterocycles. The number of carbonyl (C=O) groups is 2. The molecule has 0 aliphatic rings. The van der Waals surface area contributed by atoms with E-state index in [-0.39, 0.29) is 24.3 Å². The predicted octanol–water partition coefficient (Wildman–Crippen LogP) is 0.0489. The summed E-state index contributed by atoms with van der Waals surface area (Å²) < 4.78 is 0. The summed E-state index contributed by atoms with van der Waals surface area (Å²) in [6.07, 6.45) is 0.545. The van der Waals surface area contributed by atoms with Gasteiger partial charge in [-0.25, -0.2) is 0 Å². The van der Waals surface area contributed by atoms with Gasteiger partial charge in [-0.2, -0.15) is 0 Å². The summed E-state index contributed by atoms with van der Waals surface area (Å²) in [7, 11) is 0. The van der Waals surface area contributed by atoms with E-state index in [1.807, 2.05) is 0 Å². The smallest absolute Gasteiger partial charge is 0.226 e. The quantitative estimate of drug-likeness (QED) is 0.456. The number of hydrogen-bond acceptors (Lipinski definition) is 4. The van der Waals surface area contributed by atoms with E-state index in [2.05, 4.69) is 0 Å². The molecule has 90 valence electrons. The summed E-state index contributed by atoms with van der Waals surface area (Å²) in [5, 5.41) is 14.7. The summed E-state index contributed by atoms with van der Waals surface area (Å²) in [6, 6.07) is 0. The molecule has 0 aromatic heterocycles. The third-order valence-electron chi connectivity index (χ3n) is 2.48. The van der Waals surface area contributed by atoms with Crippen molar-refractivity contribution in [3.63, 3.8) is 0 Å². The van der Waals surface area contributed by atoms with Gasteiger partial charge >= 0.3 is 0 Å². The molecule has 2 atom stereocenters. The minimum Gasteiger partial charge on any atom is -0.369 e. The van der Waals surface area contributed by atoms with E-state index in [1.165, 1.54) is 13.8 Å². The van der Waals surface area contributed by atoms with Gasteiger partial charge in [0.05, 0.1) is 11.8 Å². The van der Waals surface area contributed by atoms with Gasteiger partial charge in [0.25, 0.3) is 0 Å². The van der Waals surface area contributed by atoms with Crippen LogP contribution in [-0.2, 0) is 9.59 Å². The predicted molar refractivity (Wildman–Crippen MR) is 61.4 cm³/mol. The fraction of sp³-hybridized carbons (Fsp3) is 0.600. The van der Waals surface area contributed by atoms with Crippen LogP contribution >= 0.6 is 0 Å². The molecule has 0 radical (unpaired) electrons. The van der Waals surface area contributed by atoms with Crippen molar-refractivity contribution in [1.82, 2.24) is 0 Å². The molecule has 0 saturated heterocycles. The van der Waals surface area contributed by atoms with Gasteiger partial charge in [0.1, 0.15) is 0 Å². The van der Waals surface area contributed by atoms with Gasteiger partial charge in [-0.15, -0.1) is 0 Å². The molecule has 2 amide bonds. The van der Waals surface area contributed by atoms with Crippen molar-refractivity contribution in [3.8, 4) is 0 Å². The zero-order valence-corrected chi connectivity index (χ0v) is 9.54. The summed E-state index contributed by atoms with van der Waals surface area (Å²) in [5.41, 5.74) is 10.6. The number of nitrogens with two attached hydrogens (primary N) is 2. The molecule has 0 fully saturated rings. The molecule has 0 heterocycles. The maximum atomic E-state index is 11.0. The highest BCUT2D eigenvalue weighted by molar-refractivity contribution is 6.02. The third kappa shape index (κ3) is 4.20. The minimum atomic E-state index is -0.679. The summed E-state index contributed by atoms with van der Waals surface area (Å²) >= 11 is 0. The lowest BCUT2D eigenvalue weighted by Crippen LogP contribution is -2.33. The lowest BCUT2D eigenvalue weighted by Gasteiger charge is -2.16. The number of carbonyl (C=O) groups excluding carboxylic acids is 2. The fourth-order valence-electron chi connectivity index (χ4n) is 1.48. The van der Waals surface area contributed by atoms with Crippen LogP contribution in [0.5, 0.6) is 0 Å². The zero-order chi connectivity index (χ0) is 12.9. The van der Waals surface area contributed by atoms with Crippen molar-refractivity contribution >= 4 is 23.2 Å². The highest BCUT2D eigenvalue weighted by atomic mass is 16.1. The first kappa shape index (κ1) is 14.3. The second kappa shape index (κ2) is 5.99. The SMILES string of the molecule is CC(=N)C(CCC(C(C)=N)C(N)=O)C(N)=O. The lowest BCUT2D eigenvalue weighted by atomic mass is 9.90. The number of rotatable bonds is 7. The van der Waals surface area contributed by atoms with E-state index in [0.717, 1.165) is 0 Å². The Hall–Kier alpha value is -1.72. The molecule has 0 aromatic rings. The van der Waals surface area contributed by atoms with Crippen molar-refractivity contribution < 1.29 is 9.59 Å². The zero-order valence-electron chi connectivity index (χ0n) is 9.54. The first-order valence-electron chi connectivity index (χ1n) is 4.96. The van der Waals surface area contributed by atoms with Crippen LogP contribution in [0.4, 0.5) is 0 Å². The first-order valence-corrected chi connectivity index (χ1v) is 4.96. The molecule has 2 unspecified atom stereocenters. The Morgan fingerprint density at radius 2 is 1.19 bits per heavy atom. The average molecular weight is 226 g/mol. The molecule has 0 saturated carbocycles. The Morgan fingerprint density at radius 1 is 0.938 bits per heavy atom. The number of hydrogen-bond donors (Lipinski definition) is 4. The van der Waals surface area contributed by atoms with E-state index in [9.17, 15) is 9.59 Å². The van der Waals surface area contributed by atoms with Gasteiger partial charge in [0.15, 0.2) is 0 Å². The van der Waals surface area contributed by atoms with Gasteiger partial charge in [0.2, 0.25) is 11.8 Å². The molecule has 0 spiro atoms.